The molecule has 0 N–H and O–H groups in total. The number of aromatic nitrogens is 3. The highest BCUT2D eigenvalue weighted by Gasteiger charge is 2.36. The van der Waals surface area contributed by atoms with Crippen molar-refractivity contribution in [2.45, 2.75) is 37.8 Å². The van der Waals surface area contributed by atoms with Crippen molar-refractivity contribution in [3.05, 3.63) is 24.2 Å². The van der Waals surface area contributed by atoms with Crippen LogP contribution in [0.1, 0.15) is 37.6 Å². The molecule has 0 radical (unpaired) electrons. The van der Waals surface area contributed by atoms with E-state index in [9.17, 15) is 0 Å². The molecule has 0 saturated carbocycles. The topological polar surface area (TPSA) is 76.8 Å². The van der Waals surface area contributed by atoms with Crippen LogP contribution in [0, 0.1) is 0 Å². The third kappa shape index (κ3) is 4.34. The Morgan fingerprint density at radius 2 is 2.04 bits per heavy atom. The highest BCUT2D eigenvalue weighted by Crippen LogP contribution is 2.36. The Morgan fingerprint density at radius 3 is 2.86 bits per heavy atom. The Morgan fingerprint density at radius 1 is 1.18 bits per heavy atom. The number of methoxy groups -OCH3 is 1. The molecule has 28 heavy (non-hydrogen) atoms. The smallest absolute Gasteiger partial charge is 0.244 e. The van der Waals surface area contributed by atoms with Crippen LogP contribution in [0.25, 0.3) is 11.4 Å². The molecule has 0 bridgehead atoms. The van der Waals surface area contributed by atoms with Crippen molar-refractivity contribution < 1.29 is 14.0 Å². The Balaban J connectivity index is 1.46. The summed E-state index contributed by atoms with van der Waals surface area (Å²) >= 11 is 0. The summed E-state index contributed by atoms with van der Waals surface area (Å²) in [6.45, 7) is 4.41. The van der Waals surface area contributed by atoms with E-state index in [1.165, 1.54) is 19.3 Å². The monoisotopic (exact) mass is 387 g/mol. The molecule has 8 nitrogen and oxygen atoms in total. The molecule has 1 unspecified atom stereocenters. The number of pyridine rings is 1. The molecule has 1 atom stereocenters. The summed E-state index contributed by atoms with van der Waals surface area (Å²) in [5.41, 5.74) is 0.848. The number of likely N-dealkylation sites (tertiary alicyclic amines) is 2. The lowest BCUT2D eigenvalue weighted by Gasteiger charge is -2.37. The van der Waals surface area contributed by atoms with Crippen LogP contribution in [0.5, 0.6) is 5.88 Å². The first-order valence-electron chi connectivity index (χ1n) is 10.1. The SMILES string of the molecule is COCCOc1cc(-c2noc(C3CCCN3C3CCN(C)CC3)n2)ccn1. The maximum absolute atomic E-state index is 5.69. The van der Waals surface area contributed by atoms with Crippen molar-refractivity contribution >= 4 is 0 Å². The van der Waals surface area contributed by atoms with Gasteiger partial charge in [-0.25, -0.2) is 4.98 Å². The molecule has 0 spiro atoms. The zero-order valence-electron chi connectivity index (χ0n) is 16.7. The van der Waals surface area contributed by atoms with Gasteiger partial charge in [0.1, 0.15) is 6.61 Å². The van der Waals surface area contributed by atoms with E-state index in [1.807, 2.05) is 12.1 Å². The molecule has 2 fully saturated rings. The Kier molecular flexibility index (Phi) is 6.19. The first-order chi connectivity index (χ1) is 13.7. The minimum absolute atomic E-state index is 0.230. The number of hydrogen-bond donors (Lipinski definition) is 0. The van der Waals surface area contributed by atoms with Gasteiger partial charge in [0.05, 0.1) is 12.6 Å². The van der Waals surface area contributed by atoms with E-state index in [1.54, 1.807) is 13.3 Å². The minimum atomic E-state index is 0.230. The van der Waals surface area contributed by atoms with Crippen molar-refractivity contribution in [2.75, 3.05) is 47.0 Å². The highest BCUT2D eigenvalue weighted by atomic mass is 16.5. The van der Waals surface area contributed by atoms with Crippen molar-refractivity contribution in [1.82, 2.24) is 24.9 Å². The lowest BCUT2D eigenvalue weighted by molar-refractivity contribution is 0.0958. The Labute approximate surface area is 165 Å². The zero-order valence-corrected chi connectivity index (χ0v) is 16.7. The molecule has 2 aromatic heterocycles. The van der Waals surface area contributed by atoms with Crippen LogP contribution in [0.15, 0.2) is 22.9 Å². The molecule has 2 aliphatic rings. The number of nitrogens with zero attached hydrogens (tertiary/aromatic N) is 5. The van der Waals surface area contributed by atoms with E-state index in [0.29, 0.717) is 31.0 Å². The molecule has 152 valence electrons. The average Bonchev–Trinajstić information content (AvgIpc) is 3.38. The summed E-state index contributed by atoms with van der Waals surface area (Å²) in [6, 6.07) is 4.56. The number of piperidine rings is 1. The Hall–Kier alpha value is -2.03. The van der Waals surface area contributed by atoms with Crippen LogP contribution in [0.3, 0.4) is 0 Å². The van der Waals surface area contributed by atoms with E-state index in [-0.39, 0.29) is 6.04 Å². The molecule has 2 aromatic rings. The van der Waals surface area contributed by atoms with Crippen LogP contribution in [-0.4, -0.2) is 78.0 Å². The fraction of sp³-hybridized carbons (Fsp3) is 0.650. The van der Waals surface area contributed by atoms with Gasteiger partial charge in [0.25, 0.3) is 0 Å². The van der Waals surface area contributed by atoms with Gasteiger partial charge in [0.15, 0.2) is 0 Å². The predicted molar refractivity (Wildman–Crippen MR) is 104 cm³/mol. The highest BCUT2D eigenvalue weighted by molar-refractivity contribution is 5.55. The van der Waals surface area contributed by atoms with E-state index in [0.717, 1.165) is 37.5 Å². The maximum atomic E-state index is 5.69. The fourth-order valence-corrected chi connectivity index (χ4v) is 4.16. The zero-order chi connectivity index (χ0) is 19.3. The lowest BCUT2D eigenvalue weighted by atomic mass is 10.0. The van der Waals surface area contributed by atoms with Gasteiger partial charge in [-0.1, -0.05) is 5.16 Å². The van der Waals surface area contributed by atoms with Gasteiger partial charge < -0.3 is 18.9 Å². The van der Waals surface area contributed by atoms with Gasteiger partial charge in [0, 0.05) is 31.0 Å². The summed E-state index contributed by atoms with van der Waals surface area (Å²) < 4.78 is 16.3. The summed E-state index contributed by atoms with van der Waals surface area (Å²) in [4.78, 5) is 13.9. The Bertz CT molecular complexity index is 760. The largest absolute Gasteiger partial charge is 0.475 e. The van der Waals surface area contributed by atoms with Crippen LogP contribution in [0.2, 0.25) is 0 Å². The van der Waals surface area contributed by atoms with Crippen LogP contribution < -0.4 is 4.74 Å². The van der Waals surface area contributed by atoms with Crippen LogP contribution >= 0.6 is 0 Å². The first-order valence-corrected chi connectivity index (χ1v) is 10.1. The van der Waals surface area contributed by atoms with Crippen molar-refractivity contribution in [1.29, 1.82) is 0 Å². The second-order valence-corrected chi connectivity index (χ2v) is 7.61. The normalized spacial score (nSPS) is 22.0. The summed E-state index contributed by atoms with van der Waals surface area (Å²) in [6.07, 6.45) is 6.38. The molecule has 0 aromatic carbocycles. The standard InChI is InChI=1S/C20H29N5O3/c1-24-10-6-16(7-11-24)25-9-3-4-17(25)20-22-19(23-28-20)15-5-8-21-18(14-15)27-13-12-26-2/h5,8,14,16-17H,3-4,6-7,9-13H2,1-2H3. The van der Waals surface area contributed by atoms with Crippen molar-refractivity contribution in [2.24, 2.45) is 0 Å². The molecular formula is C20H29N5O3. The molecule has 2 aliphatic heterocycles. The van der Waals surface area contributed by atoms with Crippen molar-refractivity contribution in [3.63, 3.8) is 0 Å². The first kappa shape index (κ1) is 19.3. The van der Waals surface area contributed by atoms with E-state index >= 15 is 0 Å². The summed E-state index contributed by atoms with van der Waals surface area (Å²) in [5.74, 6) is 1.85. The van der Waals surface area contributed by atoms with Crippen LogP contribution in [0.4, 0.5) is 0 Å². The second kappa shape index (κ2) is 8.98. The van der Waals surface area contributed by atoms with Gasteiger partial charge >= 0.3 is 0 Å². The van der Waals surface area contributed by atoms with Crippen molar-refractivity contribution in [3.8, 4) is 17.3 Å². The molecule has 8 heteroatoms. The van der Waals surface area contributed by atoms with E-state index < -0.39 is 0 Å². The third-order valence-corrected chi connectivity index (χ3v) is 5.71. The van der Waals surface area contributed by atoms with Crippen LogP contribution in [-0.2, 0) is 4.74 Å². The maximum Gasteiger partial charge on any atom is 0.244 e. The van der Waals surface area contributed by atoms with E-state index in [4.69, 9.17) is 19.0 Å². The number of ether oxygens (including phenoxy) is 2. The number of rotatable bonds is 7. The molecule has 0 amide bonds. The van der Waals surface area contributed by atoms with E-state index in [2.05, 4.69) is 27.0 Å². The summed E-state index contributed by atoms with van der Waals surface area (Å²) in [7, 11) is 3.84. The third-order valence-electron chi connectivity index (χ3n) is 5.71. The van der Waals surface area contributed by atoms with Gasteiger partial charge in [-0.05, 0) is 58.4 Å². The fourth-order valence-electron chi connectivity index (χ4n) is 4.16. The molecule has 0 aliphatic carbocycles. The van der Waals surface area contributed by atoms with Gasteiger partial charge in [-0.15, -0.1) is 0 Å². The average molecular weight is 387 g/mol. The minimum Gasteiger partial charge on any atom is -0.475 e. The predicted octanol–water partition coefficient (Wildman–Crippen LogP) is 2.39. The van der Waals surface area contributed by atoms with Gasteiger partial charge in [0.2, 0.25) is 17.6 Å². The quantitative estimate of drug-likeness (QED) is 0.670. The molecule has 2 saturated heterocycles. The molecular weight excluding hydrogens is 358 g/mol. The molecule has 4 rings (SSSR count). The number of hydrogen-bond acceptors (Lipinski definition) is 8. The lowest BCUT2D eigenvalue weighted by Crippen LogP contribution is -2.43. The second-order valence-electron chi connectivity index (χ2n) is 7.61. The molecule has 4 heterocycles. The summed E-state index contributed by atoms with van der Waals surface area (Å²) in [5, 5.41) is 4.23. The van der Waals surface area contributed by atoms with Gasteiger partial charge in [-0.2, -0.15) is 4.98 Å². The van der Waals surface area contributed by atoms with Gasteiger partial charge in [-0.3, -0.25) is 4.90 Å².